The van der Waals surface area contributed by atoms with Crippen molar-refractivity contribution in [2.24, 2.45) is 0 Å². The minimum atomic E-state index is -0.438. The Morgan fingerprint density at radius 3 is 2.53 bits per heavy atom. The maximum Gasteiger partial charge on any atom is 0.270 e. The monoisotopic (exact) mass is 492 g/mol. The molecule has 170 valence electrons. The van der Waals surface area contributed by atoms with Crippen molar-refractivity contribution in [3.8, 4) is 17.2 Å². The highest BCUT2D eigenvalue weighted by Crippen LogP contribution is 2.40. The summed E-state index contributed by atoms with van der Waals surface area (Å²) in [4.78, 5) is 25.3. The van der Waals surface area contributed by atoms with Crippen LogP contribution in [0.5, 0.6) is 17.2 Å². The highest BCUT2D eigenvalue weighted by atomic mass is 32.2. The molecular weight excluding hydrogens is 476 g/mol. The molecule has 0 N–H and O–H groups in total. The van der Waals surface area contributed by atoms with Crippen molar-refractivity contribution in [1.82, 2.24) is 0 Å². The summed E-state index contributed by atoms with van der Waals surface area (Å²) in [5.74, 6) is 1.66. The number of non-ortho nitro benzene ring substituents is 1. The van der Waals surface area contributed by atoms with Gasteiger partial charge >= 0.3 is 0 Å². The van der Waals surface area contributed by atoms with Gasteiger partial charge in [-0.05, 0) is 53.6 Å². The second kappa shape index (κ2) is 9.16. The van der Waals surface area contributed by atoms with Crippen molar-refractivity contribution < 1.29 is 23.9 Å². The number of amides is 1. The molecule has 2 aliphatic heterocycles. The van der Waals surface area contributed by atoms with Crippen LogP contribution in [-0.4, -0.2) is 21.9 Å². The Balaban J connectivity index is 1.25. The van der Waals surface area contributed by atoms with E-state index in [4.69, 9.17) is 26.4 Å². The minimum absolute atomic E-state index is 0.0389. The Morgan fingerprint density at radius 1 is 1.06 bits per heavy atom. The molecule has 8 nitrogen and oxygen atoms in total. The molecule has 0 atom stereocenters. The second-order valence-electron chi connectivity index (χ2n) is 7.34. The number of nitro groups is 1. The van der Waals surface area contributed by atoms with Crippen LogP contribution in [0.15, 0.2) is 71.6 Å². The van der Waals surface area contributed by atoms with Gasteiger partial charge in [0.15, 0.2) is 15.8 Å². The van der Waals surface area contributed by atoms with Crippen LogP contribution in [0, 0.1) is 10.1 Å². The molecule has 1 fully saturated rings. The lowest BCUT2D eigenvalue weighted by Gasteiger charge is -2.14. The van der Waals surface area contributed by atoms with E-state index in [0.29, 0.717) is 32.2 Å². The van der Waals surface area contributed by atoms with Crippen molar-refractivity contribution in [2.75, 3.05) is 11.7 Å². The second-order valence-corrected chi connectivity index (χ2v) is 9.01. The number of nitro benzene ring substituents is 1. The number of carbonyl (C=O) groups is 1. The predicted octanol–water partition coefficient (Wildman–Crippen LogP) is 5.31. The molecule has 0 bridgehead atoms. The summed E-state index contributed by atoms with van der Waals surface area (Å²) in [5.41, 5.74) is 2.32. The van der Waals surface area contributed by atoms with Crippen LogP contribution < -0.4 is 19.1 Å². The molecule has 0 aliphatic carbocycles. The van der Waals surface area contributed by atoms with Crippen molar-refractivity contribution in [2.45, 2.75) is 6.61 Å². The number of anilines is 1. The van der Waals surface area contributed by atoms with Gasteiger partial charge in [0, 0.05) is 18.2 Å². The third-order valence-corrected chi connectivity index (χ3v) is 6.44. The van der Waals surface area contributed by atoms with Gasteiger partial charge in [0.1, 0.15) is 12.4 Å². The molecule has 3 aromatic carbocycles. The van der Waals surface area contributed by atoms with E-state index in [0.717, 1.165) is 11.1 Å². The molecular formula is C24H16N2O6S2. The third kappa shape index (κ3) is 4.45. The zero-order valence-electron chi connectivity index (χ0n) is 17.5. The molecule has 0 spiro atoms. The standard InChI is InChI=1S/C24H16N2O6S2/c27-23-22(34-24(33)25(23)18-7-10-20-21(12-18)32-14-31-20)11-15-3-8-19(9-4-15)30-13-16-1-5-17(6-2-16)26(28)29/h1-12H,13-14H2/b22-11+. The van der Waals surface area contributed by atoms with Crippen molar-refractivity contribution in [1.29, 1.82) is 0 Å². The molecule has 1 amide bonds. The number of hydrogen-bond acceptors (Lipinski definition) is 8. The third-order valence-electron chi connectivity index (χ3n) is 5.14. The number of thiocarbonyl (C=S) groups is 1. The topological polar surface area (TPSA) is 91.1 Å². The molecule has 0 unspecified atom stereocenters. The fourth-order valence-electron chi connectivity index (χ4n) is 3.41. The first-order valence-electron chi connectivity index (χ1n) is 10.1. The molecule has 0 aromatic heterocycles. The largest absolute Gasteiger partial charge is 0.489 e. The lowest BCUT2D eigenvalue weighted by molar-refractivity contribution is -0.384. The van der Waals surface area contributed by atoms with Gasteiger partial charge < -0.3 is 14.2 Å². The van der Waals surface area contributed by atoms with Crippen molar-refractivity contribution in [3.05, 3.63) is 92.9 Å². The molecule has 5 rings (SSSR count). The molecule has 34 heavy (non-hydrogen) atoms. The number of carbonyl (C=O) groups excluding carboxylic acids is 1. The Kier molecular flexibility index (Phi) is 5.91. The number of nitrogens with zero attached hydrogens (tertiary/aromatic N) is 2. The average Bonchev–Trinajstić information content (AvgIpc) is 3.42. The predicted molar refractivity (Wildman–Crippen MR) is 132 cm³/mol. The summed E-state index contributed by atoms with van der Waals surface area (Å²) in [5, 5.41) is 10.7. The molecule has 3 aromatic rings. The highest BCUT2D eigenvalue weighted by Gasteiger charge is 2.34. The Morgan fingerprint density at radius 2 is 1.79 bits per heavy atom. The van der Waals surface area contributed by atoms with E-state index in [2.05, 4.69) is 0 Å². The van der Waals surface area contributed by atoms with E-state index in [1.54, 1.807) is 48.5 Å². The summed E-state index contributed by atoms with van der Waals surface area (Å²) >= 11 is 6.68. The first kappa shape index (κ1) is 21.9. The normalized spacial score (nSPS) is 15.8. The molecule has 1 saturated heterocycles. The zero-order valence-corrected chi connectivity index (χ0v) is 19.1. The van der Waals surface area contributed by atoms with E-state index in [1.165, 1.54) is 28.8 Å². The Labute approximate surface area is 203 Å². The Hall–Kier alpha value is -3.89. The number of rotatable bonds is 6. The van der Waals surface area contributed by atoms with E-state index in [1.807, 2.05) is 12.1 Å². The number of hydrogen-bond donors (Lipinski definition) is 0. The SMILES string of the molecule is O=C1/C(=C\c2ccc(OCc3ccc([N+](=O)[O-])cc3)cc2)SC(=S)N1c1ccc2c(c1)OCO2. The molecule has 10 heteroatoms. The number of ether oxygens (including phenoxy) is 3. The van der Waals surface area contributed by atoms with E-state index < -0.39 is 4.92 Å². The first-order chi connectivity index (χ1) is 16.5. The maximum atomic E-state index is 13.0. The summed E-state index contributed by atoms with van der Waals surface area (Å²) in [6, 6.07) is 18.8. The van der Waals surface area contributed by atoms with Crippen LogP contribution in [-0.2, 0) is 11.4 Å². The van der Waals surface area contributed by atoms with Gasteiger partial charge in [-0.2, -0.15) is 0 Å². The maximum absolute atomic E-state index is 13.0. The lowest BCUT2D eigenvalue weighted by atomic mass is 10.2. The van der Waals surface area contributed by atoms with Gasteiger partial charge in [-0.3, -0.25) is 19.8 Å². The van der Waals surface area contributed by atoms with Gasteiger partial charge in [-0.15, -0.1) is 0 Å². The van der Waals surface area contributed by atoms with Crippen LogP contribution >= 0.6 is 24.0 Å². The van der Waals surface area contributed by atoms with Crippen LogP contribution in [0.25, 0.3) is 6.08 Å². The number of thioether (sulfide) groups is 1. The Bertz CT molecular complexity index is 1320. The van der Waals surface area contributed by atoms with Gasteiger partial charge in [0.25, 0.3) is 11.6 Å². The van der Waals surface area contributed by atoms with Gasteiger partial charge in [-0.25, -0.2) is 0 Å². The first-order valence-corrected chi connectivity index (χ1v) is 11.3. The average molecular weight is 493 g/mol. The number of fused-ring (bicyclic) bond motifs is 1. The van der Waals surface area contributed by atoms with Gasteiger partial charge in [-0.1, -0.05) is 36.1 Å². The summed E-state index contributed by atoms with van der Waals surface area (Å²) in [6.07, 6.45) is 1.78. The van der Waals surface area contributed by atoms with Crippen LogP contribution in [0.4, 0.5) is 11.4 Å². The van der Waals surface area contributed by atoms with Gasteiger partial charge in [0.2, 0.25) is 6.79 Å². The fourth-order valence-corrected chi connectivity index (χ4v) is 4.71. The van der Waals surface area contributed by atoms with E-state index in [9.17, 15) is 14.9 Å². The molecule has 2 heterocycles. The summed E-state index contributed by atoms with van der Waals surface area (Å²) < 4.78 is 16.9. The van der Waals surface area contributed by atoms with Crippen molar-refractivity contribution >= 4 is 51.7 Å². The lowest BCUT2D eigenvalue weighted by Crippen LogP contribution is -2.27. The smallest absolute Gasteiger partial charge is 0.270 e. The fraction of sp³-hybridized carbons (Fsp3) is 0.0833. The van der Waals surface area contributed by atoms with Crippen LogP contribution in [0.3, 0.4) is 0 Å². The van der Waals surface area contributed by atoms with E-state index >= 15 is 0 Å². The van der Waals surface area contributed by atoms with E-state index in [-0.39, 0.29) is 25.0 Å². The molecule has 0 radical (unpaired) electrons. The van der Waals surface area contributed by atoms with Gasteiger partial charge in [0.05, 0.1) is 15.5 Å². The quantitative estimate of drug-likeness (QED) is 0.198. The number of benzene rings is 3. The minimum Gasteiger partial charge on any atom is -0.489 e. The molecule has 0 saturated carbocycles. The highest BCUT2D eigenvalue weighted by molar-refractivity contribution is 8.27. The van der Waals surface area contributed by atoms with Crippen molar-refractivity contribution in [3.63, 3.8) is 0 Å². The van der Waals surface area contributed by atoms with Crippen LogP contribution in [0.2, 0.25) is 0 Å². The zero-order chi connectivity index (χ0) is 23.7. The molecule has 2 aliphatic rings. The van der Waals surface area contributed by atoms with Crippen LogP contribution in [0.1, 0.15) is 11.1 Å². The summed E-state index contributed by atoms with van der Waals surface area (Å²) in [6.45, 7) is 0.441. The summed E-state index contributed by atoms with van der Waals surface area (Å²) in [7, 11) is 0.